The molecule has 0 aliphatic carbocycles. The number of pyridine rings is 1. The molecule has 116 valence electrons. The van der Waals surface area contributed by atoms with Crippen LogP contribution in [0.15, 0.2) is 89.7 Å². The van der Waals surface area contributed by atoms with Crippen LogP contribution >= 0.6 is 0 Å². The predicted octanol–water partition coefficient (Wildman–Crippen LogP) is 4.36. The molecule has 1 aromatic heterocycles. The van der Waals surface area contributed by atoms with Crippen molar-refractivity contribution in [2.45, 2.75) is 0 Å². The summed E-state index contributed by atoms with van der Waals surface area (Å²) in [7, 11) is 0. The van der Waals surface area contributed by atoms with E-state index >= 15 is 0 Å². The lowest BCUT2D eigenvalue weighted by Crippen LogP contribution is -2.18. The second-order valence-corrected chi connectivity index (χ2v) is 5.63. The molecule has 0 spiro atoms. The van der Waals surface area contributed by atoms with Gasteiger partial charge in [0.05, 0.1) is 5.52 Å². The van der Waals surface area contributed by atoms with E-state index in [-0.39, 0.29) is 11.3 Å². The van der Waals surface area contributed by atoms with Crippen molar-refractivity contribution in [1.82, 2.24) is 4.57 Å². The summed E-state index contributed by atoms with van der Waals surface area (Å²) in [6, 6.07) is 26.0. The van der Waals surface area contributed by atoms with Crippen molar-refractivity contribution in [3.63, 3.8) is 0 Å². The van der Waals surface area contributed by atoms with E-state index in [1.807, 2.05) is 60.7 Å². The van der Waals surface area contributed by atoms with E-state index in [4.69, 9.17) is 0 Å². The Morgan fingerprint density at radius 1 is 0.750 bits per heavy atom. The maximum Gasteiger partial charge on any atom is 0.256 e. The fraction of sp³-hybridized carbons (Fsp3) is 0. The summed E-state index contributed by atoms with van der Waals surface area (Å²) in [6.45, 7) is 0. The lowest BCUT2D eigenvalue weighted by Gasteiger charge is -2.14. The van der Waals surface area contributed by atoms with Gasteiger partial charge < -0.3 is 5.11 Å². The molecule has 3 aromatic carbocycles. The normalized spacial score (nSPS) is 10.8. The van der Waals surface area contributed by atoms with Crippen LogP contribution in [0.1, 0.15) is 0 Å². The molecule has 0 saturated heterocycles. The summed E-state index contributed by atoms with van der Waals surface area (Å²) >= 11 is 0. The van der Waals surface area contributed by atoms with Gasteiger partial charge in [-0.2, -0.15) is 0 Å². The third-order valence-electron chi connectivity index (χ3n) is 4.09. The molecule has 3 nitrogen and oxygen atoms in total. The maximum atomic E-state index is 12.8. The average molecular weight is 313 g/mol. The second kappa shape index (κ2) is 5.70. The molecular weight excluding hydrogens is 298 g/mol. The van der Waals surface area contributed by atoms with Crippen molar-refractivity contribution < 1.29 is 5.11 Å². The van der Waals surface area contributed by atoms with Crippen molar-refractivity contribution in [3.8, 4) is 22.6 Å². The smallest absolute Gasteiger partial charge is 0.256 e. The Morgan fingerprint density at radius 3 is 2.29 bits per heavy atom. The van der Waals surface area contributed by atoms with Gasteiger partial charge in [-0.25, -0.2) is 0 Å². The van der Waals surface area contributed by atoms with Crippen LogP contribution in [0.2, 0.25) is 0 Å². The fourth-order valence-corrected chi connectivity index (χ4v) is 3.04. The predicted molar refractivity (Wildman–Crippen MR) is 96.6 cm³/mol. The first-order valence-electron chi connectivity index (χ1n) is 7.74. The van der Waals surface area contributed by atoms with Crippen molar-refractivity contribution in [3.05, 3.63) is 95.3 Å². The zero-order chi connectivity index (χ0) is 16.5. The van der Waals surface area contributed by atoms with Gasteiger partial charge >= 0.3 is 0 Å². The van der Waals surface area contributed by atoms with E-state index in [2.05, 4.69) is 0 Å². The quantitative estimate of drug-likeness (QED) is 0.597. The van der Waals surface area contributed by atoms with Crippen molar-refractivity contribution in [1.29, 1.82) is 0 Å². The zero-order valence-corrected chi connectivity index (χ0v) is 12.9. The number of aromatic nitrogens is 1. The van der Waals surface area contributed by atoms with Crippen LogP contribution in [0.5, 0.6) is 5.75 Å². The van der Waals surface area contributed by atoms with Gasteiger partial charge in [0.1, 0.15) is 5.75 Å². The van der Waals surface area contributed by atoms with E-state index < -0.39 is 0 Å². The van der Waals surface area contributed by atoms with Crippen LogP contribution in [0.25, 0.3) is 27.7 Å². The highest BCUT2D eigenvalue weighted by atomic mass is 16.3. The molecule has 0 atom stereocenters. The molecule has 0 amide bonds. The van der Waals surface area contributed by atoms with Gasteiger partial charge in [0.25, 0.3) is 5.56 Å². The highest BCUT2D eigenvalue weighted by Gasteiger charge is 2.11. The molecule has 0 unspecified atom stereocenters. The second-order valence-electron chi connectivity index (χ2n) is 5.63. The third-order valence-corrected chi connectivity index (χ3v) is 4.09. The molecule has 1 N–H and O–H groups in total. The van der Waals surface area contributed by atoms with Crippen LogP contribution in [0.3, 0.4) is 0 Å². The summed E-state index contributed by atoms with van der Waals surface area (Å²) in [5.41, 5.74) is 3.22. The number of para-hydroxylation sites is 2. The molecule has 0 bridgehead atoms. The molecule has 1 heterocycles. The minimum absolute atomic E-state index is 0.0988. The Kier molecular flexibility index (Phi) is 3.39. The average Bonchev–Trinajstić information content (AvgIpc) is 2.62. The van der Waals surface area contributed by atoms with Gasteiger partial charge in [-0.05, 0) is 41.5 Å². The van der Waals surface area contributed by atoms with Crippen LogP contribution in [-0.2, 0) is 0 Å². The largest absolute Gasteiger partial charge is 0.508 e. The Bertz CT molecular complexity index is 1080. The Hall–Kier alpha value is -3.33. The van der Waals surface area contributed by atoms with Gasteiger partial charge in [0.2, 0.25) is 0 Å². The van der Waals surface area contributed by atoms with Crippen molar-refractivity contribution >= 4 is 10.9 Å². The van der Waals surface area contributed by atoms with Crippen molar-refractivity contribution in [2.24, 2.45) is 0 Å². The molecule has 4 rings (SSSR count). The number of fused-ring (bicyclic) bond motifs is 1. The van der Waals surface area contributed by atoms with E-state index in [0.29, 0.717) is 0 Å². The van der Waals surface area contributed by atoms with Gasteiger partial charge in [-0.1, -0.05) is 48.5 Å². The molecule has 0 fully saturated rings. The minimum atomic E-state index is -0.0988. The summed E-state index contributed by atoms with van der Waals surface area (Å²) in [5.74, 6) is 0.184. The lowest BCUT2D eigenvalue weighted by atomic mass is 10.0. The van der Waals surface area contributed by atoms with Crippen LogP contribution in [-0.4, -0.2) is 9.67 Å². The minimum Gasteiger partial charge on any atom is -0.508 e. The molecule has 4 aromatic rings. The van der Waals surface area contributed by atoms with E-state index in [1.165, 1.54) is 0 Å². The summed E-state index contributed by atoms with van der Waals surface area (Å²) in [4.78, 5) is 12.8. The van der Waals surface area contributed by atoms with Gasteiger partial charge in [-0.15, -0.1) is 0 Å². The number of hydrogen-bond donors (Lipinski definition) is 1. The first kappa shape index (κ1) is 14.3. The van der Waals surface area contributed by atoms with E-state index in [1.54, 1.807) is 28.8 Å². The number of rotatable bonds is 2. The number of aromatic hydroxyl groups is 1. The molecule has 0 radical (unpaired) electrons. The van der Waals surface area contributed by atoms with Crippen LogP contribution in [0, 0.1) is 0 Å². The number of hydrogen-bond acceptors (Lipinski definition) is 2. The molecule has 3 heteroatoms. The van der Waals surface area contributed by atoms with Crippen molar-refractivity contribution in [2.75, 3.05) is 0 Å². The maximum absolute atomic E-state index is 12.8. The summed E-state index contributed by atoms with van der Waals surface area (Å²) < 4.78 is 1.71. The monoisotopic (exact) mass is 313 g/mol. The van der Waals surface area contributed by atoms with Gasteiger partial charge in [0, 0.05) is 17.1 Å². The first-order chi connectivity index (χ1) is 11.7. The number of benzene rings is 3. The highest BCUT2D eigenvalue weighted by molar-refractivity contribution is 5.95. The van der Waals surface area contributed by atoms with Crippen LogP contribution < -0.4 is 5.56 Å². The number of phenolic OH excluding ortho intramolecular Hbond substituents is 1. The zero-order valence-electron chi connectivity index (χ0n) is 12.9. The Balaban J connectivity index is 2.08. The molecule has 0 aliphatic rings. The summed E-state index contributed by atoms with van der Waals surface area (Å²) in [6.07, 6.45) is 0. The molecule has 0 aliphatic heterocycles. The SMILES string of the molecule is O=c1cc(-c2cccc(O)c2)c2ccccc2n1-c1ccccc1. The Morgan fingerprint density at radius 2 is 1.50 bits per heavy atom. The van der Waals surface area contributed by atoms with Gasteiger partial charge in [-0.3, -0.25) is 9.36 Å². The summed E-state index contributed by atoms with van der Waals surface area (Å²) in [5, 5.41) is 10.7. The molecule has 0 saturated carbocycles. The van der Waals surface area contributed by atoms with Gasteiger partial charge in [0.15, 0.2) is 0 Å². The van der Waals surface area contributed by atoms with E-state index in [0.717, 1.165) is 27.7 Å². The highest BCUT2D eigenvalue weighted by Crippen LogP contribution is 2.30. The number of nitrogens with zero attached hydrogens (tertiary/aromatic N) is 1. The van der Waals surface area contributed by atoms with Crippen LogP contribution in [0.4, 0.5) is 0 Å². The molecule has 24 heavy (non-hydrogen) atoms. The lowest BCUT2D eigenvalue weighted by molar-refractivity contribution is 0.475. The molecular formula is C21H15NO2. The van der Waals surface area contributed by atoms with E-state index in [9.17, 15) is 9.90 Å². The first-order valence-corrected chi connectivity index (χ1v) is 7.74. The topological polar surface area (TPSA) is 42.2 Å². The fourth-order valence-electron chi connectivity index (χ4n) is 3.04. The Labute approximate surface area is 139 Å². The standard InChI is InChI=1S/C21H15NO2/c23-17-10-6-7-15(13-17)19-14-21(24)22(16-8-2-1-3-9-16)20-12-5-4-11-18(19)20/h1-14,23H. The third kappa shape index (κ3) is 2.36. The number of phenols is 1.